The predicted molar refractivity (Wildman–Crippen MR) is 121 cm³/mol. The maximum absolute atomic E-state index is 6.17. The minimum absolute atomic E-state index is 0.247. The maximum atomic E-state index is 6.17. The molecule has 0 aliphatic rings. The van der Waals surface area contributed by atoms with Crippen molar-refractivity contribution in [3.05, 3.63) is 70.7 Å². The number of pyridine rings is 1. The molecule has 0 aliphatic carbocycles. The number of ether oxygens (including phenoxy) is 3. The van der Waals surface area contributed by atoms with Crippen molar-refractivity contribution in [3.8, 4) is 34.5 Å². The van der Waals surface area contributed by atoms with Gasteiger partial charge in [-0.3, -0.25) is 0 Å². The molecule has 2 aromatic carbocycles. The zero-order valence-corrected chi connectivity index (χ0v) is 18.6. The van der Waals surface area contributed by atoms with E-state index in [0.29, 0.717) is 50.3 Å². The lowest BCUT2D eigenvalue weighted by atomic mass is 10.2. The van der Waals surface area contributed by atoms with E-state index in [4.69, 9.17) is 41.9 Å². The van der Waals surface area contributed by atoms with Gasteiger partial charge in [-0.2, -0.15) is 4.98 Å². The summed E-state index contributed by atoms with van der Waals surface area (Å²) in [6, 6.07) is 14.3. The molecule has 0 amide bonds. The third kappa shape index (κ3) is 4.87. The molecule has 0 aliphatic heterocycles. The number of hydrogen-bond donors (Lipinski definition) is 1. The van der Waals surface area contributed by atoms with Gasteiger partial charge in [0.2, 0.25) is 17.6 Å². The summed E-state index contributed by atoms with van der Waals surface area (Å²) in [6.07, 6.45) is 1.46. The zero-order valence-electron chi connectivity index (χ0n) is 17.1. The Morgan fingerprint density at radius 3 is 2.62 bits per heavy atom. The van der Waals surface area contributed by atoms with Crippen LogP contribution in [0.5, 0.6) is 23.1 Å². The number of hydrogen-bond acceptors (Lipinski definition) is 8. The minimum Gasteiger partial charge on any atom is -0.497 e. The molecule has 0 radical (unpaired) electrons. The summed E-state index contributed by atoms with van der Waals surface area (Å²) >= 11 is 12.1. The summed E-state index contributed by atoms with van der Waals surface area (Å²) in [5.41, 5.74) is 1.39. The average Bonchev–Trinajstić information content (AvgIpc) is 3.28. The summed E-state index contributed by atoms with van der Waals surface area (Å²) in [4.78, 5) is 8.57. The van der Waals surface area contributed by atoms with Gasteiger partial charge in [-0.15, -0.1) is 0 Å². The van der Waals surface area contributed by atoms with Gasteiger partial charge in [0.1, 0.15) is 16.5 Å². The maximum Gasteiger partial charge on any atom is 0.246 e. The van der Waals surface area contributed by atoms with E-state index in [2.05, 4.69) is 20.4 Å². The highest BCUT2D eigenvalue weighted by Gasteiger charge is 2.15. The number of nitrogens with zero attached hydrogens (tertiary/aromatic N) is 3. The second kappa shape index (κ2) is 9.76. The van der Waals surface area contributed by atoms with Crippen LogP contribution in [-0.2, 0) is 6.54 Å². The average molecular weight is 473 g/mol. The molecule has 0 bridgehead atoms. The van der Waals surface area contributed by atoms with Gasteiger partial charge in [0, 0.05) is 12.3 Å². The molecule has 2 aromatic heterocycles. The lowest BCUT2D eigenvalue weighted by molar-refractivity contribution is 0.382. The van der Waals surface area contributed by atoms with Crippen LogP contribution >= 0.6 is 23.2 Å². The highest BCUT2D eigenvalue weighted by molar-refractivity contribution is 6.35. The summed E-state index contributed by atoms with van der Waals surface area (Å²) in [5.74, 6) is 2.81. The highest BCUT2D eigenvalue weighted by Crippen LogP contribution is 2.34. The molecule has 4 aromatic rings. The molecule has 0 unspecified atom stereocenters. The molecule has 10 heteroatoms. The molecule has 0 saturated carbocycles. The van der Waals surface area contributed by atoms with Gasteiger partial charge in [-0.05, 0) is 30.3 Å². The lowest BCUT2D eigenvalue weighted by Crippen LogP contribution is -2.02. The summed E-state index contributed by atoms with van der Waals surface area (Å²) in [6.45, 7) is 0.271. The highest BCUT2D eigenvalue weighted by atomic mass is 35.5. The van der Waals surface area contributed by atoms with Crippen LogP contribution in [0.1, 0.15) is 5.89 Å². The van der Waals surface area contributed by atoms with E-state index in [-0.39, 0.29) is 12.4 Å². The third-order valence-electron chi connectivity index (χ3n) is 4.42. The van der Waals surface area contributed by atoms with Gasteiger partial charge in [-0.25, -0.2) is 4.98 Å². The third-order valence-corrected chi connectivity index (χ3v) is 4.89. The number of para-hydroxylation sites is 2. The molecule has 32 heavy (non-hydrogen) atoms. The molecular weight excluding hydrogens is 455 g/mol. The Balaban J connectivity index is 1.49. The van der Waals surface area contributed by atoms with E-state index in [9.17, 15) is 0 Å². The van der Waals surface area contributed by atoms with Crippen molar-refractivity contribution in [3.63, 3.8) is 0 Å². The van der Waals surface area contributed by atoms with Crippen molar-refractivity contribution >= 4 is 28.9 Å². The van der Waals surface area contributed by atoms with Gasteiger partial charge in [0.05, 0.1) is 37.0 Å². The fraction of sp³-hybridized carbons (Fsp3) is 0.136. The van der Waals surface area contributed by atoms with Gasteiger partial charge >= 0.3 is 0 Å². The number of benzene rings is 2. The quantitative estimate of drug-likeness (QED) is 0.340. The van der Waals surface area contributed by atoms with Crippen LogP contribution in [-0.4, -0.2) is 29.3 Å². The number of aromatic nitrogens is 3. The number of nitrogens with one attached hydrogen (secondary N) is 1. The predicted octanol–water partition coefficient (Wildman–Crippen LogP) is 5.86. The van der Waals surface area contributed by atoms with Crippen LogP contribution in [0.4, 0.5) is 5.69 Å². The van der Waals surface area contributed by atoms with E-state index in [1.54, 1.807) is 38.5 Å². The Morgan fingerprint density at radius 1 is 1.00 bits per heavy atom. The molecule has 8 nitrogen and oxygen atoms in total. The van der Waals surface area contributed by atoms with Crippen LogP contribution < -0.4 is 19.5 Å². The van der Waals surface area contributed by atoms with E-state index >= 15 is 0 Å². The van der Waals surface area contributed by atoms with E-state index in [1.165, 1.54) is 6.20 Å². The molecule has 0 fully saturated rings. The van der Waals surface area contributed by atoms with E-state index < -0.39 is 0 Å². The van der Waals surface area contributed by atoms with Crippen LogP contribution in [0, 0.1) is 0 Å². The summed E-state index contributed by atoms with van der Waals surface area (Å²) in [5, 5.41) is 8.01. The monoisotopic (exact) mass is 472 g/mol. The zero-order chi connectivity index (χ0) is 22.5. The molecular formula is C22H18Cl2N4O4. The first kappa shape index (κ1) is 21.7. The fourth-order valence-electron chi connectivity index (χ4n) is 2.87. The molecule has 4 rings (SSSR count). The smallest absolute Gasteiger partial charge is 0.246 e. The van der Waals surface area contributed by atoms with E-state index in [1.807, 2.05) is 24.3 Å². The van der Waals surface area contributed by atoms with Crippen molar-refractivity contribution in [1.82, 2.24) is 15.1 Å². The Hall–Kier alpha value is -3.49. The number of anilines is 1. The standard InChI is InChI=1S/C22H18Cl2N4O4/c1-29-14-7-8-15(19(10-14)30-2)21-27-20(32-28-21)12-25-17-5-3-4-6-18(17)31-22-16(24)9-13(23)11-26-22/h3-11,25H,12H2,1-2H3. The first-order chi connectivity index (χ1) is 15.6. The fourth-order valence-corrected chi connectivity index (χ4v) is 3.29. The Kier molecular flexibility index (Phi) is 6.63. The van der Waals surface area contributed by atoms with Crippen molar-refractivity contribution in [2.45, 2.75) is 6.54 Å². The van der Waals surface area contributed by atoms with Gasteiger partial charge < -0.3 is 24.1 Å². The van der Waals surface area contributed by atoms with Crippen LogP contribution in [0.25, 0.3) is 11.4 Å². The second-order valence-corrected chi connectivity index (χ2v) is 7.31. The largest absolute Gasteiger partial charge is 0.497 e. The Bertz CT molecular complexity index is 1230. The van der Waals surface area contributed by atoms with Crippen LogP contribution in [0.3, 0.4) is 0 Å². The molecule has 2 heterocycles. The molecule has 1 N–H and O–H groups in total. The Labute approximate surface area is 194 Å². The molecule has 0 spiro atoms. The lowest BCUT2D eigenvalue weighted by Gasteiger charge is -2.12. The second-order valence-electron chi connectivity index (χ2n) is 6.47. The number of halogens is 2. The molecule has 0 atom stereocenters. The number of rotatable bonds is 8. The molecule has 164 valence electrons. The Morgan fingerprint density at radius 2 is 1.84 bits per heavy atom. The van der Waals surface area contributed by atoms with Crippen molar-refractivity contribution < 1.29 is 18.7 Å². The topological polar surface area (TPSA) is 91.5 Å². The minimum atomic E-state index is 0.247. The van der Waals surface area contributed by atoms with Crippen LogP contribution in [0.15, 0.2) is 59.3 Å². The summed E-state index contributed by atoms with van der Waals surface area (Å²) in [7, 11) is 3.16. The first-order valence-corrected chi connectivity index (χ1v) is 10.2. The number of methoxy groups -OCH3 is 2. The SMILES string of the molecule is COc1ccc(-c2noc(CNc3ccccc3Oc3ncc(Cl)cc3Cl)n2)c(OC)c1. The van der Waals surface area contributed by atoms with Gasteiger partial charge in [-0.1, -0.05) is 40.5 Å². The molecule has 0 saturated heterocycles. The van der Waals surface area contributed by atoms with Crippen molar-refractivity contribution in [1.29, 1.82) is 0 Å². The normalized spacial score (nSPS) is 10.6. The first-order valence-electron chi connectivity index (χ1n) is 9.44. The van der Waals surface area contributed by atoms with E-state index in [0.717, 1.165) is 0 Å². The van der Waals surface area contributed by atoms with Crippen molar-refractivity contribution in [2.75, 3.05) is 19.5 Å². The van der Waals surface area contributed by atoms with Gasteiger partial charge in [0.25, 0.3) is 0 Å². The van der Waals surface area contributed by atoms with Crippen molar-refractivity contribution in [2.24, 2.45) is 0 Å². The summed E-state index contributed by atoms with van der Waals surface area (Å²) < 4.78 is 21.9. The van der Waals surface area contributed by atoms with Gasteiger partial charge in [0.15, 0.2) is 5.75 Å². The van der Waals surface area contributed by atoms with Crippen LogP contribution in [0.2, 0.25) is 10.0 Å².